The highest BCUT2D eigenvalue weighted by atomic mass is 14.8. The lowest BCUT2D eigenvalue weighted by molar-refractivity contribution is 0.745. The molecule has 0 amide bonds. The Kier molecular flexibility index (Phi) is 20.6. The van der Waals surface area contributed by atoms with Gasteiger partial charge in [0.1, 0.15) is 0 Å². The van der Waals surface area contributed by atoms with E-state index in [1.807, 2.05) is 6.07 Å². The summed E-state index contributed by atoms with van der Waals surface area (Å²) in [5, 5.41) is 3.45. The summed E-state index contributed by atoms with van der Waals surface area (Å²) in [4.78, 5) is 0. The molecule has 0 aliphatic carbocycles. The number of unbranched alkanes of at least 4 members (excludes halogenated alkanes) is 2. The Bertz CT molecular complexity index is 410. The first-order valence-corrected chi connectivity index (χ1v) is 8.68. The summed E-state index contributed by atoms with van der Waals surface area (Å²) < 4.78 is 0. The SMILES string of the molecule is C#C.C/C=C\C(=C/CC)CNCc1ccccc1.CCCCC. The van der Waals surface area contributed by atoms with Gasteiger partial charge in [-0.2, -0.15) is 0 Å². The van der Waals surface area contributed by atoms with Crippen molar-refractivity contribution in [1.29, 1.82) is 0 Å². The van der Waals surface area contributed by atoms with Crippen molar-refractivity contribution < 1.29 is 0 Å². The normalized spacial score (nSPS) is 10.4. The minimum absolute atomic E-state index is 0.930. The topological polar surface area (TPSA) is 12.0 Å². The van der Waals surface area contributed by atoms with Crippen molar-refractivity contribution in [2.45, 2.75) is 59.9 Å². The van der Waals surface area contributed by atoms with Gasteiger partial charge in [-0.3, -0.25) is 0 Å². The maximum Gasteiger partial charge on any atom is 0.0208 e. The predicted molar refractivity (Wildman–Crippen MR) is 106 cm³/mol. The van der Waals surface area contributed by atoms with E-state index < -0.39 is 0 Å². The lowest BCUT2D eigenvalue weighted by atomic mass is 10.2. The Hall–Kier alpha value is -1.78. The van der Waals surface area contributed by atoms with Crippen molar-refractivity contribution in [3.05, 3.63) is 59.7 Å². The third-order valence-electron chi connectivity index (χ3n) is 3.06. The maximum atomic E-state index is 4.00. The lowest BCUT2D eigenvalue weighted by Crippen LogP contribution is -2.15. The molecule has 1 nitrogen and oxygen atoms in total. The number of rotatable bonds is 8. The Morgan fingerprint density at radius 1 is 1.04 bits per heavy atom. The number of allylic oxidation sites excluding steroid dienone is 2. The van der Waals surface area contributed by atoms with Gasteiger partial charge in [0.25, 0.3) is 0 Å². The third-order valence-corrected chi connectivity index (χ3v) is 3.06. The van der Waals surface area contributed by atoms with Crippen LogP contribution in [0.25, 0.3) is 0 Å². The fourth-order valence-electron chi connectivity index (χ4n) is 1.98. The molecule has 1 heteroatoms. The van der Waals surface area contributed by atoms with Crippen molar-refractivity contribution in [3.8, 4) is 12.8 Å². The second kappa shape index (κ2) is 20.2. The highest BCUT2D eigenvalue weighted by molar-refractivity contribution is 5.20. The largest absolute Gasteiger partial charge is 0.309 e. The van der Waals surface area contributed by atoms with E-state index in [1.165, 1.54) is 30.4 Å². The van der Waals surface area contributed by atoms with E-state index in [4.69, 9.17) is 0 Å². The van der Waals surface area contributed by atoms with Crippen LogP contribution in [0.1, 0.15) is 58.9 Å². The molecule has 0 aliphatic rings. The molecule has 1 rings (SSSR count). The van der Waals surface area contributed by atoms with E-state index in [9.17, 15) is 0 Å². The zero-order valence-corrected chi connectivity index (χ0v) is 15.5. The van der Waals surface area contributed by atoms with E-state index in [1.54, 1.807) is 0 Å². The van der Waals surface area contributed by atoms with Crippen LogP contribution in [-0.4, -0.2) is 6.54 Å². The van der Waals surface area contributed by atoms with Gasteiger partial charge >= 0.3 is 0 Å². The quantitative estimate of drug-likeness (QED) is 0.449. The lowest BCUT2D eigenvalue weighted by Gasteiger charge is -2.05. The first kappa shape index (κ1) is 23.5. The zero-order chi connectivity index (χ0) is 17.8. The maximum absolute atomic E-state index is 4.00. The van der Waals surface area contributed by atoms with Gasteiger partial charge in [-0.15, -0.1) is 12.8 Å². The van der Waals surface area contributed by atoms with Crippen molar-refractivity contribution in [2.24, 2.45) is 0 Å². The number of nitrogens with one attached hydrogen (secondary N) is 1. The molecule has 0 fully saturated rings. The molecule has 1 N–H and O–H groups in total. The number of benzene rings is 1. The molecular weight excluding hydrogens is 278 g/mol. The van der Waals surface area contributed by atoms with Crippen LogP contribution in [0.3, 0.4) is 0 Å². The molecule has 0 bridgehead atoms. The van der Waals surface area contributed by atoms with Gasteiger partial charge in [-0.1, -0.05) is 88.6 Å². The molecule has 23 heavy (non-hydrogen) atoms. The monoisotopic (exact) mass is 313 g/mol. The Morgan fingerprint density at radius 2 is 1.65 bits per heavy atom. The highest BCUT2D eigenvalue weighted by Gasteiger charge is 1.93. The van der Waals surface area contributed by atoms with Crippen LogP contribution < -0.4 is 5.32 Å². The van der Waals surface area contributed by atoms with Crippen LogP contribution in [0.15, 0.2) is 54.1 Å². The summed E-state index contributed by atoms with van der Waals surface area (Å²) >= 11 is 0. The third kappa shape index (κ3) is 16.4. The van der Waals surface area contributed by atoms with Gasteiger partial charge in [0.15, 0.2) is 0 Å². The predicted octanol–water partition coefficient (Wildman–Crippen LogP) is 6.13. The van der Waals surface area contributed by atoms with Crippen LogP contribution in [0.2, 0.25) is 0 Å². The molecule has 0 radical (unpaired) electrons. The molecule has 0 aromatic heterocycles. The molecule has 128 valence electrons. The van der Waals surface area contributed by atoms with Crippen molar-refractivity contribution in [2.75, 3.05) is 6.54 Å². The standard InChI is InChI=1S/C15H21N.C5H12.C2H2/c1-3-8-14(9-4-2)12-16-13-15-10-6-5-7-11-15;1-3-5-4-2;1-2/h3,5-11,16H,4,12-13H2,1-2H3;3-5H2,1-2H3;1-2H/b8-3-,14-9+;;. The first-order chi connectivity index (χ1) is 11.3. The summed E-state index contributed by atoms with van der Waals surface area (Å²) in [5.41, 5.74) is 2.69. The Balaban J connectivity index is 0. The van der Waals surface area contributed by atoms with Crippen molar-refractivity contribution >= 4 is 0 Å². The van der Waals surface area contributed by atoms with E-state index in [0.717, 1.165) is 19.5 Å². The van der Waals surface area contributed by atoms with Crippen molar-refractivity contribution in [1.82, 2.24) is 5.32 Å². The van der Waals surface area contributed by atoms with E-state index in [2.05, 4.69) is 88.4 Å². The summed E-state index contributed by atoms with van der Waals surface area (Å²) in [7, 11) is 0. The number of terminal acetylenes is 1. The number of hydrogen-bond acceptors (Lipinski definition) is 1. The van der Waals surface area contributed by atoms with E-state index >= 15 is 0 Å². The van der Waals surface area contributed by atoms with Crippen LogP contribution in [0.5, 0.6) is 0 Å². The fraction of sp³-hybridized carbons (Fsp3) is 0.455. The van der Waals surface area contributed by atoms with Crippen LogP contribution in [0.4, 0.5) is 0 Å². The first-order valence-electron chi connectivity index (χ1n) is 8.68. The molecule has 0 atom stereocenters. The molecule has 1 aromatic carbocycles. The molecule has 0 spiro atoms. The molecular formula is C22H35N. The molecule has 0 heterocycles. The van der Waals surface area contributed by atoms with Gasteiger partial charge in [0, 0.05) is 13.1 Å². The molecule has 0 saturated heterocycles. The van der Waals surface area contributed by atoms with Gasteiger partial charge in [0.2, 0.25) is 0 Å². The second-order valence-electron chi connectivity index (χ2n) is 5.13. The van der Waals surface area contributed by atoms with Gasteiger partial charge in [-0.25, -0.2) is 0 Å². The average molecular weight is 314 g/mol. The highest BCUT2D eigenvalue weighted by Crippen LogP contribution is 2.00. The zero-order valence-electron chi connectivity index (χ0n) is 15.5. The fourth-order valence-corrected chi connectivity index (χ4v) is 1.98. The van der Waals surface area contributed by atoms with Crippen LogP contribution >= 0.6 is 0 Å². The Labute approximate surface area is 144 Å². The second-order valence-corrected chi connectivity index (χ2v) is 5.13. The summed E-state index contributed by atoms with van der Waals surface area (Å²) in [6.07, 6.45) is 19.7. The molecule has 0 aliphatic heterocycles. The Morgan fingerprint density at radius 3 is 2.09 bits per heavy atom. The minimum atomic E-state index is 0.930. The molecule has 0 unspecified atom stereocenters. The summed E-state index contributed by atoms with van der Waals surface area (Å²) in [6, 6.07) is 10.5. The van der Waals surface area contributed by atoms with E-state index in [-0.39, 0.29) is 0 Å². The average Bonchev–Trinajstić information content (AvgIpc) is 2.59. The molecule has 0 saturated carbocycles. The van der Waals surface area contributed by atoms with Crippen LogP contribution in [0, 0.1) is 12.8 Å². The summed E-state index contributed by atoms with van der Waals surface area (Å²) in [6.45, 7) is 10.5. The smallest absolute Gasteiger partial charge is 0.0208 e. The number of hydrogen-bond donors (Lipinski definition) is 1. The minimum Gasteiger partial charge on any atom is -0.309 e. The van der Waals surface area contributed by atoms with Gasteiger partial charge in [-0.05, 0) is 24.5 Å². The van der Waals surface area contributed by atoms with Crippen LogP contribution in [-0.2, 0) is 6.54 Å². The summed E-state index contributed by atoms with van der Waals surface area (Å²) in [5.74, 6) is 0. The van der Waals surface area contributed by atoms with Crippen molar-refractivity contribution in [3.63, 3.8) is 0 Å². The van der Waals surface area contributed by atoms with Gasteiger partial charge < -0.3 is 5.32 Å². The molecule has 1 aromatic rings. The van der Waals surface area contributed by atoms with E-state index in [0.29, 0.717) is 0 Å². The van der Waals surface area contributed by atoms with Gasteiger partial charge in [0.05, 0.1) is 0 Å².